The normalized spacial score (nSPS) is 17.3. The van der Waals surface area contributed by atoms with E-state index in [0.717, 1.165) is 4.31 Å². The van der Waals surface area contributed by atoms with Crippen molar-refractivity contribution >= 4 is 22.0 Å². The van der Waals surface area contributed by atoms with Crippen molar-refractivity contribution in [2.75, 3.05) is 53.4 Å². The first-order chi connectivity index (χ1) is 9.28. The number of carbonyl (C=O) groups excluding carboxylic acids is 2. The van der Waals surface area contributed by atoms with E-state index in [1.807, 2.05) is 0 Å². The summed E-state index contributed by atoms with van der Waals surface area (Å²) in [6.45, 7) is 0.835. The van der Waals surface area contributed by atoms with Gasteiger partial charge >= 0.3 is 0 Å². The van der Waals surface area contributed by atoms with Gasteiger partial charge in [-0.2, -0.15) is 17.0 Å². The molecule has 0 aliphatic carbocycles. The monoisotopic (exact) mass is 307 g/mol. The predicted molar refractivity (Wildman–Crippen MR) is 72.8 cm³/mol. The van der Waals surface area contributed by atoms with Gasteiger partial charge in [0.25, 0.3) is 10.2 Å². The van der Waals surface area contributed by atoms with Crippen molar-refractivity contribution in [2.45, 2.75) is 0 Å². The molecule has 10 heteroatoms. The Morgan fingerprint density at radius 2 is 1.75 bits per heavy atom. The Hall–Kier alpha value is -1.23. The van der Waals surface area contributed by atoms with E-state index >= 15 is 0 Å². The summed E-state index contributed by atoms with van der Waals surface area (Å²) in [4.78, 5) is 24.3. The van der Waals surface area contributed by atoms with E-state index in [0.29, 0.717) is 13.1 Å². The second-order valence-electron chi connectivity index (χ2n) is 4.55. The Morgan fingerprint density at radius 1 is 1.20 bits per heavy atom. The lowest BCUT2D eigenvalue weighted by atomic mass is 10.3. The van der Waals surface area contributed by atoms with E-state index in [1.165, 1.54) is 23.3 Å². The molecule has 0 unspecified atom stereocenters. The molecule has 0 radical (unpaired) electrons. The van der Waals surface area contributed by atoms with Gasteiger partial charge in [-0.3, -0.25) is 9.59 Å². The molecule has 116 valence electrons. The maximum atomic E-state index is 11.9. The highest BCUT2D eigenvalue weighted by Gasteiger charge is 2.30. The molecule has 9 nitrogen and oxygen atoms in total. The van der Waals surface area contributed by atoms with Gasteiger partial charge in [-0.05, 0) is 0 Å². The van der Waals surface area contributed by atoms with Gasteiger partial charge in [-0.25, -0.2) is 0 Å². The summed E-state index contributed by atoms with van der Waals surface area (Å²) in [5, 5.41) is 2.39. The summed E-state index contributed by atoms with van der Waals surface area (Å²) < 4.78 is 26.3. The number of hydrogen-bond donors (Lipinski definition) is 2. The SMILES string of the molecule is CN(C)S(=O)(=O)N1CCN(C(=O)CNC(=O)CN)CC1. The van der Waals surface area contributed by atoms with Crippen LogP contribution in [-0.2, 0) is 19.8 Å². The van der Waals surface area contributed by atoms with E-state index in [4.69, 9.17) is 5.73 Å². The number of piperazine rings is 1. The molecule has 0 atom stereocenters. The topological polar surface area (TPSA) is 116 Å². The summed E-state index contributed by atoms with van der Waals surface area (Å²) in [6.07, 6.45) is 0. The molecule has 1 heterocycles. The fourth-order valence-corrected chi connectivity index (χ4v) is 2.84. The number of amides is 2. The number of nitrogens with one attached hydrogen (secondary N) is 1. The van der Waals surface area contributed by atoms with Gasteiger partial charge in [-0.1, -0.05) is 0 Å². The Labute approximate surface area is 118 Å². The summed E-state index contributed by atoms with van der Waals surface area (Å²) in [5.74, 6) is -0.638. The summed E-state index contributed by atoms with van der Waals surface area (Å²) >= 11 is 0. The minimum atomic E-state index is -3.44. The third-order valence-corrected chi connectivity index (χ3v) is 4.94. The Balaban J connectivity index is 2.46. The van der Waals surface area contributed by atoms with Crippen molar-refractivity contribution < 1.29 is 18.0 Å². The van der Waals surface area contributed by atoms with Gasteiger partial charge in [-0.15, -0.1) is 0 Å². The summed E-state index contributed by atoms with van der Waals surface area (Å²) in [6, 6.07) is 0. The van der Waals surface area contributed by atoms with Crippen molar-refractivity contribution in [1.29, 1.82) is 0 Å². The fourth-order valence-electron chi connectivity index (χ4n) is 1.76. The maximum absolute atomic E-state index is 11.9. The van der Waals surface area contributed by atoms with Crippen molar-refractivity contribution in [3.05, 3.63) is 0 Å². The van der Waals surface area contributed by atoms with Crippen molar-refractivity contribution in [1.82, 2.24) is 18.8 Å². The average molecular weight is 307 g/mol. The van der Waals surface area contributed by atoms with Crippen molar-refractivity contribution in [2.24, 2.45) is 5.73 Å². The molecule has 1 aliphatic heterocycles. The van der Waals surface area contributed by atoms with Crippen LogP contribution < -0.4 is 11.1 Å². The molecule has 0 saturated carbocycles. The number of rotatable bonds is 5. The predicted octanol–water partition coefficient (Wildman–Crippen LogP) is -2.99. The van der Waals surface area contributed by atoms with Crippen LogP contribution in [0.5, 0.6) is 0 Å². The molecule has 3 N–H and O–H groups in total. The zero-order valence-corrected chi connectivity index (χ0v) is 12.5. The van der Waals surface area contributed by atoms with Gasteiger partial charge in [0.15, 0.2) is 0 Å². The van der Waals surface area contributed by atoms with Crippen LogP contribution in [0, 0.1) is 0 Å². The largest absolute Gasteiger partial charge is 0.346 e. The van der Waals surface area contributed by atoms with E-state index < -0.39 is 16.1 Å². The number of hydrogen-bond acceptors (Lipinski definition) is 5. The first kappa shape index (κ1) is 16.8. The highest BCUT2D eigenvalue weighted by atomic mass is 32.2. The molecule has 0 aromatic heterocycles. The quantitative estimate of drug-likeness (QED) is 0.562. The van der Waals surface area contributed by atoms with Crippen LogP contribution in [0.1, 0.15) is 0 Å². The minimum absolute atomic E-state index is 0.115. The van der Waals surface area contributed by atoms with E-state index in [1.54, 1.807) is 0 Å². The van der Waals surface area contributed by atoms with Gasteiger partial charge in [0.2, 0.25) is 11.8 Å². The van der Waals surface area contributed by atoms with Gasteiger partial charge in [0.05, 0.1) is 13.1 Å². The first-order valence-electron chi connectivity index (χ1n) is 6.21. The highest BCUT2D eigenvalue weighted by Crippen LogP contribution is 2.09. The van der Waals surface area contributed by atoms with Crippen LogP contribution >= 0.6 is 0 Å². The van der Waals surface area contributed by atoms with Crippen LogP contribution in [0.4, 0.5) is 0 Å². The fraction of sp³-hybridized carbons (Fsp3) is 0.800. The molecule has 20 heavy (non-hydrogen) atoms. The van der Waals surface area contributed by atoms with Crippen LogP contribution in [-0.4, -0.2) is 87.1 Å². The van der Waals surface area contributed by atoms with Crippen LogP contribution in [0.3, 0.4) is 0 Å². The van der Waals surface area contributed by atoms with Gasteiger partial charge < -0.3 is 16.0 Å². The minimum Gasteiger partial charge on any atom is -0.346 e. The lowest BCUT2D eigenvalue weighted by Crippen LogP contribution is -2.54. The summed E-state index contributed by atoms with van der Waals surface area (Å²) in [5.41, 5.74) is 5.12. The Bertz CT molecular complexity index is 456. The molecule has 1 fully saturated rings. The van der Waals surface area contributed by atoms with Crippen LogP contribution in [0.15, 0.2) is 0 Å². The first-order valence-corrected chi connectivity index (χ1v) is 7.61. The zero-order chi connectivity index (χ0) is 15.3. The molecule has 1 rings (SSSR count). The number of carbonyl (C=O) groups is 2. The molecule has 1 aliphatic rings. The third-order valence-electron chi connectivity index (χ3n) is 3.00. The summed E-state index contributed by atoms with van der Waals surface area (Å²) in [7, 11) is -0.501. The molecule has 0 aromatic carbocycles. The molecule has 0 aromatic rings. The highest BCUT2D eigenvalue weighted by molar-refractivity contribution is 7.86. The van der Waals surface area contributed by atoms with Crippen molar-refractivity contribution in [3.8, 4) is 0 Å². The third kappa shape index (κ3) is 4.13. The van der Waals surface area contributed by atoms with Gasteiger partial charge in [0.1, 0.15) is 0 Å². The van der Waals surface area contributed by atoms with Crippen LogP contribution in [0.25, 0.3) is 0 Å². The van der Waals surface area contributed by atoms with E-state index in [9.17, 15) is 18.0 Å². The number of nitrogens with two attached hydrogens (primary N) is 1. The standard InChI is InChI=1S/C10H21N5O4S/c1-13(2)20(18,19)15-5-3-14(4-6-15)10(17)8-12-9(16)7-11/h3-8,11H2,1-2H3,(H,12,16). The lowest BCUT2D eigenvalue weighted by Gasteiger charge is -2.35. The zero-order valence-electron chi connectivity index (χ0n) is 11.7. The lowest BCUT2D eigenvalue weighted by molar-refractivity contribution is -0.133. The molecule has 0 spiro atoms. The number of nitrogens with zero attached hydrogens (tertiary/aromatic N) is 3. The molecule has 2 amide bonds. The smallest absolute Gasteiger partial charge is 0.281 e. The van der Waals surface area contributed by atoms with Crippen molar-refractivity contribution in [3.63, 3.8) is 0 Å². The second-order valence-corrected chi connectivity index (χ2v) is 6.69. The van der Waals surface area contributed by atoms with Gasteiger partial charge in [0, 0.05) is 40.3 Å². The molecular weight excluding hydrogens is 286 g/mol. The van der Waals surface area contributed by atoms with Crippen LogP contribution in [0.2, 0.25) is 0 Å². The Morgan fingerprint density at radius 3 is 2.20 bits per heavy atom. The van der Waals surface area contributed by atoms with E-state index in [-0.39, 0.29) is 32.1 Å². The van der Waals surface area contributed by atoms with E-state index in [2.05, 4.69) is 5.32 Å². The molecule has 1 saturated heterocycles. The molecule has 0 bridgehead atoms. The maximum Gasteiger partial charge on any atom is 0.281 e. The Kier molecular flexibility index (Phi) is 5.87. The second kappa shape index (κ2) is 6.97. The average Bonchev–Trinajstić information content (AvgIpc) is 2.44. The molecular formula is C10H21N5O4S.